The Morgan fingerprint density at radius 1 is 1.12 bits per heavy atom. The summed E-state index contributed by atoms with van der Waals surface area (Å²) in [4.78, 5) is 4.24. The van der Waals surface area contributed by atoms with E-state index in [1.54, 1.807) is 0 Å². The van der Waals surface area contributed by atoms with Crippen LogP contribution in [-0.2, 0) is 9.84 Å². The van der Waals surface area contributed by atoms with Crippen molar-refractivity contribution in [3.63, 3.8) is 0 Å². The molecule has 4 rings (SSSR count). The number of nitrogens with zero attached hydrogens (tertiary/aromatic N) is 2. The summed E-state index contributed by atoms with van der Waals surface area (Å²) >= 11 is 7.61. The fourth-order valence-corrected chi connectivity index (χ4v) is 7.83. The van der Waals surface area contributed by atoms with Crippen LogP contribution in [0.2, 0.25) is 5.02 Å². The Morgan fingerprint density at radius 2 is 1.88 bits per heavy atom. The van der Waals surface area contributed by atoms with Crippen molar-refractivity contribution in [3.05, 3.63) is 23.2 Å². The first-order chi connectivity index (χ1) is 11.4. The summed E-state index contributed by atoms with van der Waals surface area (Å²) in [5, 5.41) is 9.39. The van der Waals surface area contributed by atoms with Gasteiger partial charge in [-0.15, -0.1) is 0 Å². The number of halogens is 1. The van der Waals surface area contributed by atoms with Gasteiger partial charge in [-0.3, -0.25) is 5.41 Å². The molecule has 1 aromatic carbocycles. The van der Waals surface area contributed by atoms with Crippen LogP contribution in [0.15, 0.2) is 18.2 Å². The van der Waals surface area contributed by atoms with Gasteiger partial charge in [0.15, 0.2) is 15.0 Å². The van der Waals surface area contributed by atoms with E-state index < -0.39 is 9.84 Å². The third kappa shape index (κ3) is 2.91. The Labute approximate surface area is 151 Å². The molecule has 24 heavy (non-hydrogen) atoms. The number of benzene rings is 1. The molecule has 3 aliphatic rings. The first-order valence-electron chi connectivity index (χ1n) is 8.24. The van der Waals surface area contributed by atoms with Gasteiger partial charge in [-0.25, -0.2) is 8.42 Å². The van der Waals surface area contributed by atoms with Crippen LogP contribution >= 0.6 is 23.4 Å². The highest BCUT2D eigenvalue weighted by atomic mass is 35.5. The van der Waals surface area contributed by atoms with Gasteiger partial charge in [0.1, 0.15) is 0 Å². The second-order valence-electron chi connectivity index (χ2n) is 6.66. The van der Waals surface area contributed by atoms with Gasteiger partial charge in [-0.2, -0.15) is 0 Å². The van der Waals surface area contributed by atoms with Crippen molar-refractivity contribution in [2.45, 2.75) is 30.6 Å². The van der Waals surface area contributed by atoms with E-state index in [4.69, 9.17) is 17.0 Å². The molecule has 2 unspecified atom stereocenters. The minimum absolute atomic E-state index is 0.0457. The zero-order chi connectivity index (χ0) is 16.9. The van der Waals surface area contributed by atoms with E-state index in [2.05, 4.69) is 4.90 Å². The molecule has 2 atom stereocenters. The lowest BCUT2D eigenvalue weighted by Gasteiger charge is -2.34. The van der Waals surface area contributed by atoms with Gasteiger partial charge in [0.05, 0.1) is 28.9 Å². The smallest absolute Gasteiger partial charge is 0.161 e. The van der Waals surface area contributed by atoms with E-state index in [0.717, 1.165) is 37.3 Å². The summed E-state index contributed by atoms with van der Waals surface area (Å²) < 4.78 is 24.1. The van der Waals surface area contributed by atoms with Crippen molar-refractivity contribution in [3.8, 4) is 0 Å². The van der Waals surface area contributed by atoms with Gasteiger partial charge in [0.2, 0.25) is 0 Å². The Balaban J connectivity index is 1.75. The van der Waals surface area contributed by atoms with Crippen LogP contribution < -0.4 is 9.80 Å². The summed E-state index contributed by atoms with van der Waals surface area (Å²) in [7, 11) is -3.02. The Kier molecular flexibility index (Phi) is 4.21. The molecule has 0 saturated carbocycles. The largest absolute Gasteiger partial charge is 0.370 e. The highest BCUT2D eigenvalue weighted by molar-refractivity contribution is 8.15. The molecule has 130 valence electrons. The SMILES string of the molecule is N=C1SC2CS(=O)(=O)CC2N1c1cc(Cl)ccc1N1CCCCC1. The highest BCUT2D eigenvalue weighted by Gasteiger charge is 2.49. The Morgan fingerprint density at radius 3 is 2.62 bits per heavy atom. The fraction of sp³-hybridized carbons (Fsp3) is 0.562. The third-order valence-electron chi connectivity index (χ3n) is 4.98. The lowest BCUT2D eigenvalue weighted by Crippen LogP contribution is -2.39. The molecule has 3 aliphatic heterocycles. The molecule has 0 amide bonds. The first-order valence-corrected chi connectivity index (χ1v) is 11.3. The van der Waals surface area contributed by atoms with Crippen molar-refractivity contribution >= 4 is 49.7 Å². The molecule has 0 radical (unpaired) electrons. The van der Waals surface area contributed by atoms with Gasteiger partial charge < -0.3 is 9.80 Å². The number of anilines is 2. The normalized spacial score (nSPS) is 29.1. The average molecular weight is 386 g/mol. The number of fused-ring (bicyclic) bond motifs is 1. The van der Waals surface area contributed by atoms with Crippen molar-refractivity contribution < 1.29 is 8.42 Å². The second kappa shape index (κ2) is 6.11. The number of amidine groups is 1. The predicted octanol–water partition coefficient (Wildman–Crippen LogP) is 2.98. The molecular formula is C16H20ClN3O2S2. The van der Waals surface area contributed by atoms with E-state index in [-0.39, 0.29) is 22.8 Å². The van der Waals surface area contributed by atoms with E-state index in [1.807, 2.05) is 23.1 Å². The van der Waals surface area contributed by atoms with Crippen molar-refractivity contribution in [2.75, 3.05) is 34.4 Å². The van der Waals surface area contributed by atoms with Crippen LogP contribution in [0.1, 0.15) is 19.3 Å². The van der Waals surface area contributed by atoms with Gasteiger partial charge in [-0.1, -0.05) is 23.4 Å². The minimum atomic E-state index is -3.02. The number of nitrogens with one attached hydrogen (secondary N) is 1. The molecule has 3 saturated heterocycles. The molecule has 5 nitrogen and oxygen atoms in total. The van der Waals surface area contributed by atoms with Gasteiger partial charge in [0, 0.05) is 23.4 Å². The summed E-state index contributed by atoms with van der Waals surface area (Å²) in [6, 6.07) is 5.62. The summed E-state index contributed by atoms with van der Waals surface area (Å²) in [6.45, 7) is 1.99. The average Bonchev–Trinajstić information content (AvgIpc) is 2.97. The van der Waals surface area contributed by atoms with E-state index >= 15 is 0 Å². The van der Waals surface area contributed by atoms with Crippen LogP contribution in [0.5, 0.6) is 0 Å². The predicted molar refractivity (Wildman–Crippen MR) is 102 cm³/mol. The quantitative estimate of drug-likeness (QED) is 0.847. The lowest BCUT2D eigenvalue weighted by molar-refractivity contribution is 0.577. The second-order valence-corrected chi connectivity index (χ2v) is 10.5. The van der Waals surface area contributed by atoms with Crippen LogP contribution in [-0.4, -0.2) is 49.5 Å². The zero-order valence-electron chi connectivity index (χ0n) is 13.2. The monoisotopic (exact) mass is 385 g/mol. The van der Waals surface area contributed by atoms with Crippen LogP contribution in [0, 0.1) is 5.41 Å². The van der Waals surface area contributed by atoms with Crippen molar-refractivity contribution in [1.82, 2.24) is 0 Å². The molecule has 0 aliphatic carbocycles. The number of sulfone groups is 1. The highest BCUT2D eigenvalue weighted by Crippen LogP contribution is 2.44. The lowest BCUT2D eigenvalue weighted by atomic mass is 10.1. The van der Waals surface area contributed by atoms with Gasteiger partial charge in [-0.05, 0) is 37.5 Å². The Bertz CT molecular complexity index is 778. The van der Waals surface area contributed by atoms with E-state index in [0.29, 0.717) is 10.2 Å². The third-order valence-corrected chi connectivity index (χ3v) is 8.35. The molecule has 0 bridgehead atoms. The van der Waals surface area contributed by atoms with Crippen LogP contribution in [0.3, 0.4) is 0 Å². The number of rotatable bonds is 2. The van der Waals surface area contributed by atoms with Gasteiger partial charge in [0.25, 0.3) is 0 Å². The maximum absolute atomic E-state index is 12.0. The van der Waals surface area contributed by atoms with Gasteiger partial charge >= 0.3 is 0 Å². The molecule has 1 aromatic rings. The summed E-state index contributed by atoms with van der Waals surface area (Å²) in [5.41, 5.74) is 1.95. The summed E-state index contributed by atoms with van der Waals surface area (Å²) in [5.74, 6) is 0.291. The molecule has 1 N–H and O–H groups in total. The van der Waals surface area contributed by atoms with E-state index in [9.17, 15) is 8.42 Å². The first kappa shape index (κ1) is 16.5. The topological polar surface area (TPSA) is 64.5 Å². The summed E-state index contributed by atoms with van der Waals surface area (Å²) in [6.07, 6.45) is 3.57. The number of hydrogen-bond donors (Lipinski definition) is 1. The number of piperidine rings is 1. The van der Waals surface area contributed by atoms with E-state index in [1.165, 1.54) is 18.2 Å². The molecule has 8 heteroatoms. The van der Waals surface area contributed by atoms with Crippen molar-refractivity contribution in [2.24, 2.45) is 0 Å². The Hall–Kier alpha value is -0.920. The molecule has 0 aromatic heterocycles. The standard InChI is InChI=1S/C16H20ClN3O2S2/c17-11-4-5-12(19-6-2-1-3-7-19)13(8-11)20-14-9-24(21,22)10-15(14)23-16(20)18/h4-5,8,14-15,18H,1-3,6-7,9-10H2. The number of hydrogen-bond acceptors (Lipinski definition) is 5. The zero-order valence-corrected chi connectivity index (χ0v) is 15.6. The molecule has 3 fully saturated rings. The van der Waals surface area contributed by atoms with Crippen LogP contribution in [0.25, 0.3) is 0 Å². The van der Waals surface area contributed by atoms with Crippen molar-refractivity contribution in [1.29, 1.82) is 5.41 Å². The molecule has 3 heterocycles. The maximum atomic E-state index is 12.0. The van der Waals surface area contributed by atoms with Crippen LogP contribution in [0.4, 0.5) is 11.4 Å². The fourth-order valence-electron chi connectivity index (χ4n) is 3.88. The molecular weight excluding hydrogens is 366 g/mol. The molecule has 0 spiro atoms. The maximum Gasteiger partial charge on any atom is 0.161 e. The number of thioether (sulfide) groups is 1. The minimum Gasteiger partial charge on any atom is -0.370 e.